The average Bonchev–Trinajstić information content (AvgIpc) is 2.86. The maximum atomic E-state index is 12.1. The summed E-state index contributed by atoms with van der Waals surface area (Å²) < 4.78 is 5.84. The van der Waals surface area contributed by atoms with Gasteiger partial charge in [0, 0.05) is 11.1 Å². The van der Waals surface area contributed by atoms with E-state index in [1.807, 2.05) is 0 Å². The number of hydrogen-bond acceptors (Lipinski definition) is 3. The molecule has 0 radical (unpaired) electrons. The lowest BCUT2D eigenvalue weighted by molar-refractivity contribution is 0.111. The van der Waals surface area contributed by atoms with Crippen LogP contribution in [0.3, 0.4) is 0 Å². The van der Waals surface area contributed by atoms with Crippen LogP contribution in [0.5, 0.6) is 5.75 Å². The van der Waals surface area contributed by atoms with Crippen LogP contribution in [0.4, 0.5) is 0 Å². The molecular formula is C33H41BO3. The number of ether oxygens (including phenoxy) is 1. The Bertz CT molecular complexity index is 1300. The van der Waals surface area contributed by atoms with Crippen molar-refractivity contribution in [2.24, 2.45) is 0 Å². The molecule has 0 heterocycles. The van der Waals surface area contributed by atoms with E-state index in [4.69, 9.17) is 4.74 Å². The largest absolute Gasteiger partial charge is 0.496 e. The zero-order chi connectivity index (χ0) is 28.1. The van der Waals surface area contributed by atoms with Gasteiger partial charge in [-0.3, -0.25) is 9.59 Å². The summed E-state index contributed by atoms with van der Waals surface area (Å²) in [6.07, 6.45) is 1.98. The Morgan fingerprint density at radius 1 is 0.432 bits per heavy atom. The lowest BCUT2D eigenvalue weighted by Gasteiger charge is -2.31. The normalized spacial score (nSPS) is 11.1. The van der Waals surface area contributed by atoms with Crippen LogP contribution >= 0.6 is 0 Å². The van der Waals surface area contributed by atoms with Crippen LogP contribution in [-0.2, 0) is 0 Å². The van der Waals surface area contributed by atoms with E-state index in [2.05, 4.69) is 83.1 Å². The molecule has 3 aromatic carbocycles. The Kier molecular flexibility index (Phi) is 7.93. The summed E-state index contributed by atoms with van der Waals surface area (Å²) >= 11 is 0. The van der Waals surface area contributed by atoms with Crippen molar-refractivity contribution in [3.63, 3.8) is 0 Å². The predicted octanol–water partition coefficient (Wildman–Crippen LogP) is 5.54. The summed E-state index contributed by atoms with van der Waals surface area (Å²) in [5.41, 5.74) is 18.8. The first kappa shape index (κ1) is 28.4. The zero-order valence-corrected chi connectivity index (χ0v) is 25.0. The molecule has 0 aromatic heterocycles. The maximum Gasteiger partial charge on any atom is 0.243 e. The SMILES string of the molecule is COc1c(C)c(C)c(B(c2c(C)c(C)c(C=O)c(C)c2C)c2c(C)c(C)c(C=O)c(C)c2C)c(C)c1C. The molecule has 0 aliphatic heterocycles. The van der Waals surface area contributed by atoms with Crippen LogP contribution in [-0.4, -0.2) is 26.4 Å². The van der Waals surface area contributed by atoms with Gasteiger partial charge in [0.1, 0.15) is 5.75 Å². The molecule has 0 aliphatic carbocycles. The molecule has 0 unspecified atom stereocenters. The van der Waals surface area contributed by atoms with E-state index >= 15 is 0 Å². The van der Waals surface area contributed by atoms with Gasteiger partial charge in [0.15, 0.2) is 12.6 Å². The molecule has 3 aromatic rings. The highest BCUT2D eigenvalue weighted by molar-refractivity contribution is 6.97. The van der Waals surface area contributed by atoms with E-state index in [1.54, 1.807) is 7.11 Å². The molecule has 0 aliphatic rings. The van der Waals surface area contributed by atoms with Gasteiger partial charge >= 0.3 is 0 Å². The molecule has 0 amide bonds. The van der Waals surface area contributed by atoms with Crippen LogP contribution < -0.4 is 21.1 Å². The van der Waals surface area contributed by atoms with Gasteiger partial charge in [-0.25, -0.2) is 0 Å². The highest BCUT2D eigenvalue weighted by Crippen LogP contribution is 2.30. The van der Waals surface area contributed by atoms with E-state index in [9.17, 15) is 9.59 Å². The number of methoxy groups -OCH3 is 1. The van der Waals surface area contributed by atoms with Crippen LogP contribution in [0.15, 0.2) is 0 Å². The van der Waals surface area contributed by atoms with Crippen molar-refractivity contribution in [1.82, 2.24) is 0 Å². The van der Waals surface area contributed by atoms with E-state index in [0.29, 0.717) is 0 Å². The Hall–Kier alpha value is -3.14. The minimum absolute atomic E-state index is 0.0560. The van der Waals surface area contributed by atoms with Crippen LogP contribution in [0.25, 0.3) is 0 Å². The second-order valence-electron chi connectivity index (χ2n) is 10.8. The van der Waals surface area contributed by atoms with Crippen molar-refractivity contribution < 1.29 is 14.3 Å². The highest BCUT2D eigenvalue weighted by atomic mass is 16.5. The number of carbonyl (C=O) groups excluding carboxylic acids is 2. The van der Waals surface area contributed by atoms with Crippen LogP contribution in [0.1, 0.15) is 87.5 Å². The number of benzene rings is 3. The summed E-state index contributed by atoms with van der Waals surface area (Å²) in [7, 11) is 1.74. The maximum absolute atomic E-state index is 12.1. The lowest BCUT2D eigenvalue weighted by atomic mass is 9.32. The Balaban J connectivity index is 2.70. The minimum atomic E-state index is -0.0560. The molecule has 0 atom stereocenters. The van der Waals surface area contributed by atoms with Gasteiger partial charge in [-0.1, -0.05) is 38.6 Å². The predicted molar refractivity (Wildman–Crippen MR) is 158 cm³/mol. The second kappa shape index (κ2) is 10.3. The lowest BCUT2D eigenvalue weighted by Crippen LogP contribution is -2.58. The Morgan fingerprint density at radius 3 is 0.892 bits per heavy atom. The fourth-order valence-electron chi connectivity index (χ4n) is 6.44. The van der Waals surface area contributed by atoms with Gasteiger partial charge in [-0.05, 0) is 128 Å². The number of rotatable bonds is 6. The second-order valence-corrected chi connectivity index (χ2v) is 10.8. The number of aldehydes is 2. The summed E-state index contributed by atoms with van der Waals surface area (Å²) in [5, 5.41) is 0. The topological polar surface area (TPSA) is 43.4 Å². The Labute approximate surface area is 223 Å². The van der Waals surface area contributed by atoms with Crippen molar-refractivity contribution >= 4 is 35.7 Å². The van der Waals surface area contributed by atoms with Crippen molar-refractivity contribution in [2.45, 2.75) is 83.1 Å². The third-order valence-corrected chi connectivity index (χ3v) is 9.40. The molecule has 4 heteroatoms. The summed E-state index contributed by atoms with van der Waals surface area (Å²) in [6.45, 7) is 25.4. The summed E-state index contributed by atoms with van der Waals surface area (Å²) in [5.74, 6) is 0.937. The van der Waals surface area contributed by atoms with Crippen molar-refractivity contribution in [1.29, 1.82) is 0 Å². The van der Waals surface area contributed by atoms with Gasteiger partial charge < -0.3 is 4.74 Å². The smallest absolute Gasteiger partial charge is 0.243 e. The van der Waals surface area contributed by atoms with Gasteiger partial charge in [0.05, 0.1) is 7.11 Å². The summed E-state index contributed by atoms with van der Waals surface area (Å²) in [4.78, 5) is 24.1. The van der Waals surface area contributed by atoms with Gasteiger partial charge in [-0.15, -0.1) is 0 Å². The first-order valence-electron chi connectivity index (χ1n) is 13.0. The van der Waals surface area contributed by atoms with E-state index in [1.165, 1.54) is 27.5 Å². The van der Waals surface area contributed by atoms with E-state index in [-0.39, 0.29) is 6.71 Å². The fourth-order valence-corrected chi connectivity index (χ4v) is 6.44. The molecule has 3 rings (SSSR count). The van der Waals surface area contributed by atoms with Crippen molar-refractivity contribution in [3.05, 3.63) is 77.9 Å². The molecule has 0 saturated heterocycles. The van der Waals surface area contributed by atoms with E-state index in [0.717, 1.165) is 85.1 Å². The number of carbonyl (C=O) groups is 2. The first-order chi connectivity index (χ1) is 17.3. The molecule has 0 N–H and O–H groups in total. The van der Waals surface area contributed by atoms with Crippen LogP contribution in [0, 0.1) is 83.1 Å². The van der Waals surface area contributed by atoms with Crippen molar-refractivity contribution in [3.8, 4) is 5.75 Å². The van der Waals surface area contributed by atoms with Gasteiger partial charge in [0.2, 0.25) is 6.71 Å². The molecule has 0 spiro atoms. The van der Waals surface area contributed by atoms with Crippen molar-refractivity contribution in [2.75, 3.05) is 7.11 Å². The number of hydrogen-bond donors (Lipinski definition) is 0. The monoisotopic (exact) mass is 496 g/mol. The average molecular weight is 497 g/mol. The molecule has 0 fully saturated rings. The molecule has 0 bridgehead atoms. The molecule has 0 saturated carbocycles. The molecule has 3 nitrogen and oxygen atoms in total. The van der Waals surface area contributed by atoms with Crippen LogP contribution in [0.2, 0.25) is 0 Å². The standard InChI is InChI=1S/C33H41BO3/c1-16-20(5)30(21(6)17(2)28(16)14-35)34(31-22(7)18(3)29(15-36)19(4)23(31)8)32-24(9)26(11)33(37-13)27(12)25(32)10/h14-15H,1-13H3. The fraction of sp³-hybridized carbons (Fsp3) is 0.394. The molecule has 194 valence electrons. The third-order valence-electron chi connectivity index (χ3n) is 9.40. The highest BCUT2D eigenvalue weighted by Gasteiger charge is 2.35. The summed E-state index contributed by atoms with van der Waals surface area (Å²) in [6, 6.07) is 0. The van der Waals surface area contributed by atoms with Gasteiger partial charge in [-0.2, -0.15) is 0 Å². The third kappa shape index (κ3) is 4.15. The zero-order valence-electron chi connectivity index (χ0n) is 25.0. The van der Waals surface area contributed by atoms with E-state index < -0.39 is 0 Å². The van der Waals surface area contributed by atoms with Gasteiger partial charge in [0.25, 0.3) is 0 Å². The minimum Gasteiger partial charge on any atom is -0.496 e. The molecular weight excluding hydrogens is 455 g/mol. The molecule has 37 heavy (non-hydrogen) atoms. The Morgan fingerprint density at radius 2 is 0.676 bits per heavy atom. The quantitative estimate of drug-likeness (QED) is 0.333. The first-order valence-corrected chi connectivity index (χ1v) is 13.0.